The van der Waals surface area contributed by atoms with Crippen molar-refractivity contribution >= 4 is 5.71 Å². The Hall–Kier alpha value is -1.77. The molecule has 0 radical (unpaired) electrons. The van der Waals surface area contributed by atoms with Gasteiger partial charge in [0.15, 0.2) is 0 Å². The van der Waals surface area contributed by atoms with Crippen molar-refractivity contribution in [2.45, 2.75) is 0 Å². The summed E-state index contributed by atoms with van der Waals surface area (Å²) >= 11 is 0. The summed E-state index contributed by atoms with van der Waals surface area (Å²) in [4.78, 5) is 4.69. The number of rotatable bonds is 4. The van der Waals surface area contributed by atoms with E-state index >= 15 is 0 Å². The predicted octanol–water partition coefficient (Wildman–Crippen LogP) is 2.23. The summed E-state index contributed by atoms with van der Waals surface area (Å²) in [6.45, 7) is 3.66. The standard InChI is InChI=1S/C11H13NO2/c1-4-11(12-14-3)9-5-7-10(13-2)8-6-9/h4-8H,1H2,2-3H3/b12-11+. The number of oxime groups is 1. The molecule has 0 bridgehead atoms. The minimum atomic E-state index is 0.704. The molecule has 14 heavy (non-hydrogen) atoms. The fourth-order valence-electron chi connectivity index (χ4n) is 1.07. The lowest BCUT2D eigenvalue weighted by molar-refractivity contribution is 0.214. The lowest BCUT2D eigenvalue weighted by atomic mass is 10.1. The van der Waals surface area contributed by atoms with E-state index < -0.39 is 0 Å². The smallest absolute Gasteiger partial charge is 0.118 e. The van der Waals surface area contributed by atoms with Gasteiger partial charge in [-0.25, -0.2) is 0 Å². The number of methoxy groups -OCH3 is 1. The lowest BCUT2D eigenvalue weighted by Gasteiger charge is -2.02. The molecule has 0 aliphatic carbocycles. The van der Waals surface area contributed by atoms with Crippen LogP contribution in [0, 0.1) is 0 Å². The van der Waals surface area contributed by atoms with Crippen molar-refractivity contribution in [2.75, 3.05) is 14.2 Å². The predicted molar refractivity (Wildman–Crippen MR) is 56.7 cm³/mol. The molecule has 1 rings (SSSR count). The maximum atomic E-state index is 5.05. The minimum Gasteiger partial charge on any atom is -0.497 e. The van der Waals surface area contributed by atoms with Crippen molar-refractivity contribution in [2.24, 2.45) is 5.16 Å². The second kappa shape index (κ2) is 5.07. The van der Waals surface area contributed by atoms with Crippen LogP contribution in [0.25, 0.3) is 0 Å². The van der Waals surface area contributed by atoms with E-state index in [1.807, 2.05) is 24.3 Å². The Kier molecular flexibility index (Phi) is 3.73. The van der Waals surface area contributed by atoms with Gasteiger partial charge in [0.25, 0.3) is 0 Å². The normalized spacial score (nSPS) is 10.9. The van der Waals surface area contributed by atoms with Crippen molar-refractivity contribution < 1.29 is 9.57 Å². The van der Waals surface area contributed by atoms with E-state index in [1.165, 1.54) is 7.11 Å². The third-order valence-corrected chi connectivity index (χ3v) is 1.77. The van der Waals surface area contributed by atoms with Gasteiger partial charge in [-0.05, 0) is 30.3 Å². The molecule has 1 aromatic rings. The monoisotopic (exact) mass is 191 g/mol. The van der Waals surface area contributed by atoms with Crippen LogP contribution >= 0.6 is 0 Å². The average Bonchev–Trinajstić information content (AvgIpc) is 2.26. The molecule has 3 heteroatoms. The van der Waals surface area contributed by atoms with Crippen LogP contribution in [-0.4, -0.2) is 19.9 Å². The first-order valence-electron chi connectivity index (χ1n) is 4.20. The van der Waals surface area contributed by atoms with Gasteiger partial charge in [0.2, 0.25) is 0 Å². The molecule has 0 aliphatic heterocycles. The molecule has 3 nitrogen and oxygen atoms in total. The molecule has 0 saturated heterocycles. The van der Waals surface area contributed by atoms with E-state index in [1.54, 1.807) is 13.2 Å². The van der Waals surface area contributed by atoms with Gasteiger partial charge in [-0.2, -0.15) is 0 Å². The average molecular weight is 191 g/mol. The van der Waals surface area contributed by atoms with Gasteiger partial charge in [0.05, 0.1) is 7.11 Å². The van der Waals surface area contributed by atoms with Gasteiger partial charge in [-0.3, -0.25) is 0 Å². The van der Waals surface area contributed by atoms with Gasteiger partial charge in [0.1, 0.15) is 18.6 Å². The molecule has 1 aromatic carbocycles. The minimum absolute atomic E-state index is 0.704. The maximum absolute atomic E-state index is 5.05. The van der Waals surface area contributed by atoms with Crippen molar-refractivity contribution in [1.82, 2.24) is 0 Å². The third kappa shape index (κ3) is 2.36. The largest absolute Gasteiger partial charge is 0.497 e. The number of nitrogens with zero attached hydrogens (tertiary/aromatic N) is 1. The zero-order chi connectivity index (χ0) is 10.4. The van der Waals surface area contributed by atoms with Crippen molar-refractivity contribution in [3.8, 4) is 5.75 Å². The molecule has 0 atom stereocenters. The Morgan fingerprint density at radius 1 is 1.29 bits per heavy atom. The summed E-state index contributed by atoms with van der Waals surface area (Å²) in [6, 6.07) is 7.53. The molecule has 0 N–H and O–H groups in total. The molecule has 0 saturated carbocycles. The highest BCUT2D eigenvalue weighted by Crippen LogP contribution is 2.12. The molecule has 0 aliphatic rings. The lowest BCUT2D eigenvalue weighted by Crippen LogP contribution is -1.96. The zero-order valence-corrected chi connectivity index (χ0v) is 8.36. The Bertz CT molecular complexity index is 328. The van der Waals surface area contributed by atoms with Crippen LogP contribution < -0.4 is 4.74 Å². The van der Waals surface area contributed by atoms with Gasteiger partial charge in [0, 0.05) is 5.56 Å². The Morgan fingerprint density at radius 3 is 2.36 bits per heavy atom. The Balaban J connectivity index is 2.95. The molecule has 0 spiro atoms. The first kappa shape index (κ1) is 10.3. The van der Waals surface area contributed by atoms with E-state index in [-0.39, 0.29) is 0 Å². The van der Waals surface area contributed by atoms with Crippen LogP contribution in [0.5, 0.6) is 5.75 Å². The molecule has 0 aromatic heterocycles. The fourth-order valence-corrected chi connectivity index (χ4v) is 1.07. The van der Waals surface area contributed by atoms with Crippen LogP contribution in [-0.2, 0) is 4.84 Å². The summed E-state index contributed by atoms with van der Waals surface area (Å²) in [5.41, 5.74) is 1.65. The van der Waals surface area contributed by atoms with Gasteiger partial charge in [-0.15, -0.1) is 0 Å². The van der Waals surface area contributed by atoms with Crippen molar-refractivity contribution in [3.63, 3.8) is 0 Å². The second-order valence-electron chi connectivity index (χ2n) is 2.59. The SMILES string of the molecule is C=C/C(=N\OC)c1ccc(OC)cc1. The van der Waals surface area contributed by atoms with Gasteiger partial charge >= 0.3 is 0 Å². The van der Waals surface area contributed by atoms with Crippen molar-refractivity contribution in [1.29, 1.82) is 0 Å². The number of hydrogen-bond acceptors (Lipinski definition) is 3. The van der Waals surface area contributed by atoms with E-state index in [9.17, 15) is 0 Å². The van der Waals surface area contributed by atoms with Crippen LogP contribution in [0.2, 0.25) is 0 Å². The van der Waals surface area contributed by atoms with Crippen LogP contribution in [0.4, 0.5) is 0 Å². The maximum Gasteiger partial charge on any atom is 0.118 e. The Morgan fingerprint density at radius 2 is 1.93 bits per heavy atom. The highest BCUT2D eigenvalue weighted by Gasteiger charge is 1.99. The molecule has 0 fully saturated rings. The van der Waals surface area contributed by atoms with Crippen molar-refractivity contribution in [3.05, 3.63) is 42.5 Å². The fraction of sp³-hybridized carbons (Fsp3) is 0.182. The molecular formula is C11H13NO2. The van der Waals surface area contributed by atoms with E-state index in [2.05, 4.69) is 11.7 Å². The van der Waals surface area contributed by atoms with E-state index in [4.69, 9.17) is 9.57 Å². The van der Waals surface area contributed by atoms with Crippen LogP contribution in [0.3, 0.4) is 0 Å². The second-order valence-corrected chi connectivity index (χ2v) is 2.59. The van der Waals surface area contributed by atoms with E-state index in [0.717, 1.165) is 11.3 Å². The number of allylic oxidation sites excluding steroid dienone is 1. The molecule has 0 unspecified atom stereocenters. The highest BCUT2D eigenvalue weighted by atomic mass is 16.6. The third-order valence-electron chi connectivity index (χ3n) is 1.77. The molecule has 0 heterocycles. The molecular weight excluding hydrogens is 178 g/mol. The number of ether oxygens (including phenoxy) is 1. The number of hydrogen-bond donors (Lipinski definition) is 0. The summed E-state index contributed by atoms with van der Waals surface area (Å²) in [6.07, 6.45) is 1.64. The zero-order valence-electron chi connectivity index (χ0n) is 8.36. The van der Waals surface area contributed by atoms with E-state index in [0.29, 0.717) is 5.71 Å². The summed E-state index contributed by atoms with van der Waals surface area (Å²) in [7, 11) is 3.14. The van der Waals surface area contributed by atoms with Gasteiger partial charge in [-0.1, -0.05) is 11.7 Å². The summed E-state index contributed by atoms with van der Waals surface area (Å²) in [5.74, 6) is 0.814. The quantitative estimate of drug-likeness (QED) is 0.539. The summed E-state index contributed by atoms with van der Waals surface area (Å²) < 4.78 is 5.05. The van der Waals surface area contributed by atoms with Crippen LogP contribution in [0.1, 0.15) is 5.56 Å². The van der Waals surface area contributed by atoms with Gasteiger partial charge < -0.3 is 9.57 Å². The highest BCUT2D eigenvalue weighted by molar-refractivity contribution is 6.08. The first-order chi connectivity index (χ1) is 6.81. The topological polar surface area (TPSA) is 30.8 Å². The Labute approximate surface area is 83.6 Å². The number of benzene rings is 1. The molecule has 74 valence electrons. The first-order valence-corrected chi connectivity index (χ1v) is 4.20. The summed E-state index contributed by atoms with van der Waals surface area (Å²) in [5, 5.41) is 3.83. The van der Waals surface area contributed by atoms with Crippen LogP contribution in [0.15, 0.2) is 42.1 Å². The molecule has 0 amide bonds.